The van der Waals surface area contributed by atoms with Crippen molar-refractivity contribution in [1.82, 2.24) is 0 Å². The van der Waals surface area contributed by atoms with Crippen molar-refractivity contribution < 1.29 is 19.4 Å². The summed E-state index contributed by atoms with van der Waals surface area (Å²) in [6.45, 7) is 0.453. The number of hydrogen-bond donors (Lipinski definition) is 1. The summed E-state index contributed by atoms with van der Waals surface area (Å²) in [5.41, 5.74) is 0.453. The molecule has 1 aliphatic rings. The number of aromatic carboxylic acids is 1. The van der Waals surface area contributed by atoms with Crippen LogP contribution in [0.4, 0.5) is 5.69 Å². The summed E-state index contributed by atoms with van der Waals surface area (Å²) in [5, 5.41) is 9.24. The highest BCUT2D eigenvalue weighted by molar-refractivity contribution is 6.18. The van der Waals surface area contributed by atoms with E-state index >= 15 is 0 Å². The van der Waals surface area contributed by atoms with Gasteiger partial charge in [-0.05, 0) is 24.1 Å². The van der Waals surface area contributed by atoms with Crippen LogP contribution in [-0.4, -0.2) is 36.5 Å². The second-order valence-corrected chi connectivity index (χ2v) is 4.73. The minimum Gasteiger partial charge on any atom is -0.497 e. The maximum atomic E-state index is 11.9. The van der Waals surface area contributed by atoms with E-state index in [2.05, 4.69) is 0 Å². The molecule has 1 aromatic carbocycles. The summed E-state index contributed by atoms with van der Waals surface area (Å²) in [7, 11) is 1.46. The number of rotatable bonds is 4. The number of carbonyl (C=O) groups is 2. The van der Waals surface area contributed by atoms with Gasteiger partial charge in [-0.2, -0.15) is 0 Å². The summed E-state index contributed by atoms with van der Waals surface area (Å²) in [4.78, 5) is 24.7. The first kappa shape index (κ1) is 13.7. The van der Waals surface area contributed by atoms with Crippen molar-refractivity contribution in [2.75, 3.05) is 24.4 Å². The van der Waals surface area contributed by atoms with Crippen molar-refractivity contribution in [1.29, 1.82) is 0 Å². The average molecular weight is 284 g/mol. The molecular formula is C13H14ClNO4. The highest BCUT2D eigenvalue weighted by Crippen LogP contribution is 2.31. The van der Waals surface area contributed by atoms with Gasteiger partial charge < -0.3 is 14.7 Å². The van der Waals surface area contributed by atoms with Crippen molar-refractivity contribution in [2.24, 2.45) is 5.92 Å². The van der Waals surface area contributed by atoms with Crippen LogP contribution in [0.3, 0.4) is 0 Å². The Hall–Kier alpha value is -1.75. The van der Waals surface area contributed by atoms with Crippen LogP contribution in [0.15, 0.2) is 18.2 Å². The van der Waals surface area contributed by atoms with Crippen LogP contribution in [0.1, 0.15) is 16.8 Å². The summed E-state index contributed by atoms with van der Waals surface area (Å²) in [6, 6.07) is 4.65. The number of carboxylic acids is 1. The lowest BCUT2D eigenvalue weighted by molar-refractivity contribution is -0.117. The molecule has 5 nitrogen and oxygen atoms in total. The maximum Gasteiger partial charge on any atom is 0.337 e. The van der Waals surface area contributed by atoms with Crippen LogP contribution in [0.2, 0.25) is 0 Å². The molecule has 1 N–H and O–H groups in total. The van der Waals surface area contributed by atoms with Gasteiger partial charge in [0.15, 0.2) is 0 Å². The average Bonchev–Trinajstić information content (AvgIpc) is 2.79. The molecule has 0 aliphatic carbocycles. The Morgan fingerprint density at radius 2 is 2.32 bits per heavy atom. The predicted octanol–water partition coefficient (Wildman–Crippen LogP) is 1.99. The number of alkyl halides is 1. The Morgan fingerprint density at radius 1 is 1.58 bits per heavy atom. The number of amides is 1. The highest BCUT2D eigenvalue weighted by Gasteiger charge is 2.32. The molecular weight excluding hydrogens is 270 g/mol. The summed E-state index contributed by atoms with van der Waals surface area (Å²) >= 11 is 5.76. The first-order valence-corrected chi connectivity index (χ1v) is 6.38. The Balaban J connectivity index is 2.39. The molecule has 0 bridgehead atoms. The number of halogens is 1. The molecule has 0 radical (unpaired) electrons. The van der Waals surface area contributed by atoms with E-state index in [4.69, 9.17) is 16.3 Å². The van der Waals surface area contributed by atoms with Gasteiger partial charge in [0.25, 0.3) is 0 Å². The molecule has 0 saturated carbocycles. The Kier molecular flexibility index (Phi) is 3.95. The third-order valence-corrected chi connectivity index (χ3v) is 3.58. The van der Waals surface area contributed by atoms with Gasteiger partial charge >= 0.3 is 5.97 Å². The molecule has 102 valence electrons. The minimum atomic E-state index is -1.09. The van der Waals surface area contributed by atoms with Crippen LogP contribution in [-0.2, 0) is 4.79 Å². The fraction of sp³-hybridized carbons (Fsp3) is 0.385. The number of nitrogens with zero attached hydrogens (tertiary/aromatic N) is 1. The second kappa shape index (κ2) is 5.48. The number of benzene rings is 1. The van der Waals surface area contributed by atoms with E-state index in [0.29, 0.717) is 30.3 Å². The van der Waals surface area contributed by atoms with Crippen molar-refractivity contribution in [3.8, 4) is 5.75 Å². The highest BCUT2D eigenvalue weighted by atomic mass is 35.5. The topological polar surface area (TPSA) is 66.8 Å². The van der Waals surface area contributed by atoms with Gasteiger partial charge in [0.05, 0.1) is 18.4 Å². The smallest absolute Gasteiger partial charge is 0.337 e. The first-order chi connectivity index (χ1) is 9.06. The SMILES string of the molecule is COc1ccc(N2CC(CCl)CC2=O)c(C(=O)O)c1. The number of anilines is 1. The molecule has 19 heavy (non-hydrogen) atoms. The monoisotopic (exact) mass is 283 g/mol. The first-order valence-electron chi connectivity index (χ1n) is 5.84. The normalized spacial score (nSPS) is 18.7. The molecule has 1 fully saturated rings. The summed E-state index contributed by atoms with van der Waals surface area (Å²) in [6.07, 6.45) is 0.356. The molecule has 1 saturated heterocycles. The fourth-order valence-electron chi connectivity index (χ4n) is 2.17. The van der Waals surface area contributed by atoms with Gasteiger partial charge in [-0.15, -0.1) is 11.6 Å². The Labute approximate surface area is 115 Å². The quantitative estimate of drug-likeness (QED) is 0.858. The summed E-state index contributed by atoms with van der Waals surface area (Å²) < 4.78 is 5.00. The lowest BCUT2D eigenvalue weighted by atomic mass is 10.1. The molecule has 1 heterocycles. The Morgan fingerprint density at radius 3 is 2.84 bits per heavy atom. The zero-order valence-electron chi connectivity index (χ0n) is 10.4. The van der Waals surface area contributed by atoms with E-state index in [1.54, 1.807) is 12.1 Å². The zero-order chi connectivity index (χ0) is 14.0. The van der Waals surface area contributed by atoms with Crippen LogP contribution in [0.5, 0.6) is 5.75 Å². The molecule has 6 heteroatoms. The van der Waals surface area contributed by atoms with Crippen LogP contribution in [0.25, 0.3) is 0 Å². The lowest BCUT2D eigenvalue weighted by Gasteiger charge is -2.19. The largest absolute Gasteiger partial charge is 0.497 e. The molecule has 1 aromatic rings. The lowest BCUT2D eigenvalue weighted by Crippen LogP contribution is -2.26. The molecule has 2 rings (SSSR count). The van der Waals surface area contributed by atoms with Gasteiger partial charge in [-0.1, -0.05) is 0 Å². The third-order valence-electron chi connectivity index (χ3n) is 3.15. The number of methoxy groups -OCH3 is 1. The van der Waals surface area contributed by atoms with Crippen molar-refractivity contribution in [3.05, 3.63) is 23.8 Å². The molecule has 1 atom stereocenters. The standard InChI is InChI=1S/C13H14ClNO4/c1-19-9-2-3-11(10(5-9)13(17)18)15-7-8(6-14)4-12(15)16/h2-3,5,8H,4,6-7H2,1H3,(H,17,18). The predicted molar refractivity (Wildman–Crippen MR) is 71.1 cm³/mol. The maximum absolute atomic E-state index is 11.9. The van der Waals surface area contributed by atoms with Gasteiger partial charge in [0, 0.05) is 18.8 Å². The van der Waals surface area contributed by atoms with E-state index in [1.165, 1.54) is 18.1 Å². The zero-order valence-corrected chi connectivity index (χ0v) is 11.2. The van der Waals surface area contributed by atoms with Gasteiger partial charge in [0.1, 0.15) is 5.75 Å². The minimum absolute atomic E-state index is 0.0583. The van der Waals surface area contributed by atoms with Crippen LogP contribution in [0, 0.1) is 5.92 Å². The van der Waals surface area contributed by atoms with Crippen LogP contribution >= 0.6 is 11.6 Å². The number of carbonyl (C=O) groups excluding carboxylic acids is 1. The number of ether oxygens (including phenoxy) is 1. The number of carboxylic acid groups (broad SMARTS) is 1. The van der Waals surface area contributed by atoms with Gasteiger partial charge in [0.2, 0.25) is 5.91 Å². The molecule has 1 amide bonds. The second-order valence-electron chi connectivity index (χ2n) is 4.42. The van der Waals surface area contributed by atoms with Crippen molar-refractivity contribution >= 4 is 29.2 Å². The molecule has 0 spiro atoms. The van der Waals surface area contributed by atoms with E-state index in [0.717, 1.165) is 0 Å². The van der Waals surface area contributed by atoms with E-state index in [1.807, 2.05) is 0 Å². The fourth-order valence-corrected chi connectivity index (χ4v) is 2.37. The van der Waals surface area contributed by atoms with Gasteiger partial charge in [-0.25, -0.2) is 4.79 Å². The molecule has 0 aromatic heterocycles. The Bertz CT molecular complexity index is 517. The van der Waals surface area contributed by atoms with E-state index in [9.17, 15) is 14.7 Å². The van der Waals surface area contributed by atoms with Gasteiger partial charge in [-0.3, -0.25) is 4.79 Å². The van der Waals surface area contributed by atoms with Crippen molar-refractivity contribution in [2.45, 2.75) is 6.42 Å². The molecule has 1 unspecified atom stereocenters. The number of hydrogen-bond acceptors (Lipinski definition) is 3. The third kappa shape index (κ3) is 2.66. The van der Waals surface area contributed by atoms with E-state index in [-0.39, 0.29) is 17.4 Å². The van der Waals surface area contributed by atoms with E-state index < -0.39 is 5.97 Å². The molecule has 1 aliphatic heterocycles. The van der Waals surface area contributed by atoms with Crippen LogP contribution < -0.4 is 9.64 Å². The van der Waals surface area contributed by atoms with Crippen molar-refractivity contribution in [3.63, 3.8) is 0 Å². The summed E-state index contributed by atoms with van der Waals surface area (Å²) in [5.74, 6) is -0.283.